The first kappa shape index (κ1) is 14.0. The van der Waals surface area contributed by atoms with Gasteiger partial charge in [0.1, 0.15) is 11.7 Å². The predicted molar refractivity (Wildman–Crippen MR) is 66.7 cm³/mol. The van der Waals surface area contributed by atoms with Crippen molar-refractivity contribution in [1.82, 2.24) is 9.88 Å². The minimum Gasteiger partial charge on any atom is -0.444 e. The molecular weight excluding hydrogens is 230 g/mol. The number of amides is 1. The highest BCUT2D eigenvalue weighted by molar-refractivity contribution is 5.67. The van der Waals surface area contributed by atoms with Crippen molar-refractivity contribution in [1.29, 1.82) is 5.26 Å². The maximum atomic E-state index is 11.7. The number of pyridine rings is 1. The molecule has 0 aliphatic rings. The molecule has 1 rings (SSSR count). The number of carbonyl (C=O) groups excluding carboxylic acids is 1. The number of ether oxygens (including phenoxy) is 1. The summed E-state index contributed by atoms with van der Waals surface area (Å²) in [5, 5.41) is 8.76. The molecule has 0 radical (unpaired) electrons. The molecule has 0 unspecified atom stereocenters. The Balaban J connectivity index is 2.67. The zero-order chi connectivity index (χ0) is 13.8. The summed E-state index contributed by atoms with van der Waals surface area (Å²) >= 11 is 0. The van der Waals surface area contributed by atoms with Gasteiger partial charge in [0.05, 0.1) is 12.1 Å². The van der Waals surface area contributed by atoms with E-state index < -0.39 is 11.7 Å². The van der Waals surface area contributed by atoms with Crippen molar-refractivity contribution in [2.75, 3.05) is 7.05 Å². The van der Waals surface area contributed by atoms with Crippen LogP contribution in [0.5, 0.6) is 0 Å². The molecule has 18 heavy (non-hydrogen) atoms. The van der Waals surface area contributed by atoms with E-state index in [4.69, 9.17) is 10.00 Å². The topological polar surface area (TPSA) is 66.2 Å². The summed E-state index contributed by atoms with van der Waals surface area (Å²) < 4.78 is 5.23. The SMILES string of the molecule is CN(Cc1cncc(C#N)c1)C(=O)OC(C)(C)C. The molecule has 0 bridgehead atoms. The fraction of sp³-hybridized carbons (Fsp3) is 0.462. The second-order valence-corrected chi connectivity index (χ2v) is 5.03. The van der Waals surface area contributed by atoms with Gasteiger partial charge in [-0.1, -0.05) is 0 Å². The first-order valence-corrected chi connectivity index (χ1v) is 5.60. The molecule has 0 aliphatic carbocycles. The zero-order valence-corrected chi connectivity index (χ0v) is 11.1. The summed E-state index contributed by atoms with van der Waals surface area (Å²) in [6.45, 7) is 5.81. The number of carbonyl (C=O) groups is 1. The van der Waals surface area contributed by atoms with Crippen molar-refractivity contribution >= 4 is 6.09 Å². The van der Waals surface area contributed by atoms with E-state index in [-0.39, 0.29) is 0 Å². The average molecular weight is 247 g/mol. The summed E-state index contributed by atoms with van der Waals surface area (Å²) in [6, 6.07) is 3.71. The molecule has 0 N–H and O–H groups in total. The lowest BCUT2D eigenvalue weighted by molar-refractivity contribution is 0.0285. The minimum absolute atomic E-state index is 0.359. The van der Waals surface area contributed by atoms with Crippen molar-refractivity contribution in [3.8, 4) is 6.07 Å². The molecule has 1 heterocycles. The lowest BCUT2D eigenvalue weighted by Gasteiger charge is -2.24. The number of hydrogen-bond acceptors (Lipinski definition) is 4. The van der Waals surface area contributed by atoms with Gasteiger partial charge in [-0.15, -0.1) is 0 Å². The molecule has 5 nitrogen and oxygen atoms in total. The number of rotatable bonds is 2. The third-order valence-electron chi connectivity index (χ3n) is 2.05. The van der Waals surface area contributed by atoms with E-state index in [0.29, 0.717) is 12.1 Å². The quantitative estimate of drug-likeness (QED) is 0.804. The molecule has 0 fully saturated rings. The van der Waals surface area contributed by atoms with Gasteiger partial charge in [-0.25, -0.2) is 4.79 Å². The average Bonchev–Trinajstić information content (AvgIpc) is 2.27. The number of aromatic nitrogens is 1. The summed E-state index contributed by atoms with van der Waals surface area (Å²) in [5.74, 6) is 0. The Hall–Kier alpha value is -2.09. The van der Waals surface area contributed by atoms with E-state index in [1.807, 2.05) is 26.8 Å². The fourth-order valence-corrected chi connectivity index (χ4v) is 1.31. The summed E-state index contributed by atoms with van der Waals surface area (Å²) in [7, 11) is 1.65. The second-order valence-electron chi connectivity index (χ2n) is 5.03. The van der Waals surface area contributed by atoms with Crippen LogP contribution in [0.1, 0.15) is 31.9 Å². The summed E-state index contributed by atoms with van der Waals surface area (Å²) in [6.07, 6.45) is 2.71. The monoisotopic (exact) mass is 247 g/mol. The van der Waals surface area contributed by atoms with Crippen LogP contribution < -0.4 is 0 Å². The number of nitriles is 1. The first-order valence-electron chi connectivity index (χ1n) is 5.60. The van der Waals surface area contributed by atoms with Crippen LogP contribution in [-0.4, -0.2) is 28.6 Å². The van der Waals surface area contributed by atoms with E-state index in [2.05, 4.69) is 4.98 Å². The Morgan fingerprint density at radius 1 is 1.50 bits per heavy atom. The van der Waals surface area contributed by atoms with Crippen molar-refractivity contribution in [3.05, 3.63) is 29.6 Å². The predicted octanol–water partition coefficient (Wildman–Crippen LogP) is 2.32. The third-order valence-corrected chi connectivity index (χ3v) is 2.05. The van der Waals surface area contributed by atoms with Crippen LogP contribution in [0.3, 0.4) is 0 Å². The van der Waals surface area contributed by atoms with Crippen LogP contribution in [0.4, 0.5) is 4.79 Å². The van der Waals surface area contributed by atoms with Gasteiger partial charge in [0, 0.05) is 19.4 Å². The summed E-state index contributed by atoms with van der Waals surface area (Å²) in [4.78, 5) is 17.1. The minimum atomic E-state index is -0.516. The van der Waals surface area contributed by atoms with Crippen LogP contribution in [0.2, 0.25) is 0 Å². The van der Waals surface area contributed by atoms with Crippen molar-refractivity contribution < 1.29 is 9.53 Å². The molecular formula is C13H17N3O2. The number of hydrogen-bond donors (Lipinski definition) is 0. The highest BCUT2D eigenvalue weighted by Gasteiger charge is 2.19. The molecule has 1 aromatic rings. The molecule has 0 saturated carbocycles. The molecule has 0 aliphatic heterocycles. The van der Waals surface area contributed by atoms with Crippen LogP contribution >= 0.6 is 0 Å². The standard InChI is InChI=1S/C13H17N3O2/c1-13(2,3)18-12(17)16(4)9-11-5-10(6-14)7-15-8-11/h5,7-8H,9H2,1-4H3. The Kier molecular flexibility index (Phi) is 4.27. The molecule has 0 aromatic carbocycles. The van der Waals surface area contributed by atoms with E-state index in [0.717, 1.165) is 5.56 Å². The highest BCUT2D eigenvalue weighted by Crippen LogP contribution is 2.11. The Morgan fingerprint density at radius 3 is 2.72 bits per heavy atom. The lowest BCUT2D eigenvalue weighted by Crippen LogP contribution is -2.33. The third kappa shape index (κ3) is 4.42. The van der Waals surface area contributed by atoms with E-state index >= 15 is 0 Å². The number of nitrogens with zero attached hydrogens (tertiary/aromatic N) is 3. The molecule has 96 valence electrons. The molecule has 1 aromatic heterocycles. The molecule has 1 amide bonds. The zero-order valence-electron chi connectivity index (χ0n) is 11.1. The largest absolute Gasteiger partial charge is 0.444 e. The van der Waals surface area contributed by atoms with E-state index in [9.17, 15) is 4.79 Å². The Morgan fingerprint density at radius 2 is 2.17 bits per heavy atom. The normalized spacial score (nSPS) is 10.6. The summed E-state index contributed by atoms with van der Waals surface area (Å²) in [5.41, 5.74) is 0.755. The molecule has 0 saturated heterocycles. The molecule has 5 heteroatoms. The van der Waals surface area contributed by atoms with Crippen molar-refractivity contribution in [3.63, 3.8) is 0 Å². The van der Waals surface area contributed by atoms with Gasteiger partial charge in [-0.05, 0) is 32.4 Å². The Labute approximate surface area is 107 Å². The highest BCUT2D eigenvalue weighted by atomic mass is 16.6. The lowest BCUT2D eigenvalue weighted by atomic mass is 10.2. The van der Waals surface area contributed by atoms with Gasteiger partial charge in [-0.2, -0.15) is 5.26 Å². The van der Waals surface area contributed by atoms with Crippen molar-refractivity contribution in [2.45, 2.75) is 32.9 Å². The first-order chi connectivity index (χ1) is 8.31. The van der Waals surface area contributed by atoms with E-state index in [1.165, 1.54) is 11.1 Å². The van der Waals surface area contributed by atoms with Gasteiger partial charge in [0.15, 0.2) is 0 Å². The fourth-order valence-electron chi connectivity index (χ4n) is 1.31. The van der Waals surface area contributed by atoms with E-state index in [1.54, 1.807) is 19.3 Å². The van der Waals surface area contributed by atoms with Crippen LogP contribution in [0.15, 0.2) is 18.5 Å². The van der Waals surface area contributed by atoms with Gasteiger partial charge in [0.25, 0.3) is 0 Å². The maximum Gasteiger partial charge on any atom is 0.410 e. The second kappa shape index (κ2) is 5.50. The van der Waals surface area contributed by atoms with Gasteiger partial charge in [-0.3, -0.25) is 4.98 Å². The van der Waals surface area contributed by atoms with Gasteiger partial charge >= 0.3 is 6.09 Å². The Bertz CT molecular complexity index is 472. The van der Waals surface area contributed by atoms with Crippen molar-refractivity contribution in [2.24, 2.45) is 0 Å². The maximum absolute atomic E-state index is 11.7. The molecule has 0 atom stereocenters. The smallest absolute Gasteiger partial charge is 0.410 e. The van der Waals surface area contributed by atoms with Crippen LogP contribution in [-0.2, 0) is 11.3 Å². The van der Waals surface area contributed by atoms with Gasteiger partial charge < -0.3 is 9.64 Å². The van der Waals surface area contributed by atoms with Crippen LogP contribution in [0, 0.1) is 11.3 Å². The van der Waals surface area contributed by atoms with Crippen LogP contribution in [0.25, 0.3) is 0 Å². The van der Waals surface area contributed by atoms with Gasteiger partial charge in [0.2, 0.25) is 0 Å². The molecule has 0 spiro atoms.